The van der Waals surface area contributed by atoms with Gasteiger partial charge in [-0.3, -0.25) is 0 Å². The van der Waals surface area contributed by atoms with Crippen LogP contribution in [0.15, 0.2) is 42.5 Å². The zero-order chi connectivity index (χ0) is 13.2. The topological polar surface area (TPSA) is 12.0 Å². The van der Waals surface area contributed by atoms with E-state index in [-0.39, 0.29) is 0 Å². The van der Waals surface area contributed by atoms with E-state index in [2.05, 4.69) is 54.7 Å². The van der Waals surface area contributed by atoms with Crippen LogP contribution in [-0.2, 0) is 6.54 Å². The standard InChI is InChI=1S/C17H18ClN/c1-12-2-5-14(6-3-12)16-9-4-13(10-17(16)18)11-19-15-7-8-15/h2-6,9-10,15,19H,7-8,11H2,1H3. The predicted molar refractivity (Wildman–Crippen MR) is 81.5 cm³/mol. The molecule has 0 amide bonds. The van der Waals surface area contributed by atoms with Gasteiger partial charge in [-0.25, -0.2) is 0 Å². The van der Waals surface area contributed by atoms with Gasteiger partial charge in [-0.2, -0.15) is 0 Å². The average molecular weight is 272 g/mol. The molecule has 98 valence electrons. The lowest BCUT2D eigenvalue weighted by Gasteiger charge is -2.08. The molecule has 1 aliphatic carbocycles. The van der Waals surface area contributed by atoms with Crippen molar-refractivity contribution in [1.29, 1.82) is 0 Å². The molecule has 19 heavy (non-hydrogen) atoms. The summed E-state index contributed by atoms with van der Waals surface area (Å²) < 4.78 is 0. The van der Waals surface area contributed by atoms with E-state index in [9.17, 15) is 0 Å². The highest BCUT2D eigenvalue weighted by atomic mass is 35.5. The van der Waals surface area contributed by atoms with Gasteiger partial charge in [0, 0.05) is 23.2 Å². The quantitative estimate of drug-likeness (QED) is 0.859. The van der Waals surface area contributed by atoms with E-state index in [0.717, 1.165) is 23.2 Å². The Morgan fingerprint density at radius 2 is 1.84 bits per heavy atom. The zero-order valence-corrected chi connectivity index (χ0v) is 11.9. The first-order chi connectivity index (χ1) is 9.22. The molecule has 1 fully saturated rings. The first-order valence-electron chi connectivity index (χ1n) is 6.81. The highest BCUT2D eigenvalue weighted by Crippen LogP contribution is 2.29. The third-order valence-electron chi connectivity index (χ3n) is 3.57. The zero-order valence-electron chi connectivity index (χ0n) is 11.1. The summed E-state index contributed by atoms with van der Waals surface area (Å²) in [5, 5.41) is 4.34. The molecule has 0 heterocycles. The Kier molecular flexibility index (Phi) is 3.58. The summed E-state index contributed by atoms with van der Waals surface area (Å²) in [6.45, 7) is 3.01. The fourth-order valence-corrected chi connectivity index (χ4v) is 2.50. The van der Waals surface area contributed by atoms with Gasteiger partial charge in [0.1, 0.15) is 0 Å². The van der Waals surface area contributed by atoms with E-state index in [1.807, 2.05) is 0 Å². The lowest BCUT2D eigenvalue weighted by Crippen LogP contribution is -2.15. The van der Waals surface area contributed by atoms with Gasteiger partial charge >= 0.3 is 0 Å². The number of hydrogen-bond acceptors (Lipinski definition) is 1. The van der Waals surface area contributed by atoms with Crippen molar-refractivity contribution in [3.63, 3.8) is 0 Å². The number of aryl methyl sites for hydroxylation is 1. The van der Waals surface area contributed by atoms with Crippen LogP contribution in [0.3, 0.4) is 0 Å². The maximum Gasteiger partial charge on any atom is 0.0487 e. The molecular weight excluding hydrogens is 254 g/mol. The van der Waals surface area contributed by atoms with Gasteiger partial charge < -0.3 is 5.32 Å². The molecule has 2 aromatic rings. The maximum absolute atomic E-state index is 6.41. The molecule has 2 heteroatoms. The summed E-state index contributed by atoms with van der Waals surface area (Å²) in [7, 11) is 0. The smallest absolute Gasteiger partial charge is 0.0487 e. The van der Waals surface area contributed by atoms with Crippen LogP contribution in [0.5, 0.6) is 0 Å². The van der Waals surface area contributed by atoms with Gasteiger partial charge in [0.2, 0.25) is 0 Å². The molecule has 0 atom stereocenters. The van der Waals surface area contributed by atoms with Gasteiger partial charge in [0.15, 0.2) is 0 Å². The molecule has 1 saturated carbocycles. The van der Waals surface area contributed by atoms with Crippen LogP contribution >= 0.6 is 11.6 Å². The summed E-state index contributed by atoms with van der Waals surface area (Å²) in [5.74, 6) is 0. The van der Waals surface area contributed by atoms with Crippen molar-refractivity contribution in [2.45, 2.75) is 32.4 Å². The summed E-state index contributed by atoms with van der Waals surface area (Å²) >= 11 is 6.41. The van der Waals surface area contributed by atoms with Gasteiger partial charge in [0.05, 0.1) is 0 Å². The van der Waals surface area contributed by atoms with Crippen LogP contribution in [0.25, 0.3) is 11.1 Å². The van der Waals surface area contributed by atoms with Crippen LogP contribution < -0.4 is 5.32 Å². The van der Waals surface area contributed by atoms with E-state index in [4.69, 9.17) is 11.6 Å². The third-order valence-corrected chi connectivity index (χ3v) is 3.88. The molecule has 1 N–H and O–H groups in total. The van der Waals surface area contributed by atoms with Crippen molar-refractivity contribution in [3.8, 4) is 11.1 Å². The minimum absolute atomic E-state index is 0.732. The Hall–Kier alpha value is -1.31. The fourth-order valence-electron chi connectivity index (χ4n) is 2.19. The van der Waals surface area contributed by atoms with Crippen molar-refractivity contribution in [2.75, 3.05) is 0 Å². The van der Waals surface area contributed by atoms with Crippen LogP contribution in [0.1, 0.15) is 24.0 Å². The van der Waals surface area contributed by atoms with Crippen molar-refractivity contribution in [1.82, 2.24) is 5.32 Å². The van der Waals surface area contributed by atoms with Crippen LogP contribution in [0.4, 0.5) is 0 Å². The molecule has 1 aliphatic rings. The summed E-state index contributed by atoms with van der Waals surface area (Å²) in [5.41, 5.74) is 4.81. The van der Waals surface area contributed by atoms with Crippen LogP contribution in [-0.4, -0.2) is 6.04 Å². The lowest BCUT2D eigenvalue weighted by atomic mass is 10.0. The SMILES string of the molecule is Cc1ccc(-c2ccc(CNC3CC3)cc2Cl)cc1. The first kappa shape index (κ1) is 12.7. The Labute approximate surface area is 119 Å². The minimum atomic E-state index is 0.732. The molecule has 0 aliphatic heterocycles. The second-order valence-corrected chi connectivity index (χ2v) is 5.74. The Morgan fingerprint density at radius 1 is 1.11 bits per heavy atom. The minimum Gasteiger partial charge on any atom is -0.310 e. The van der Waals surface area contributed by atoms with Crippen LogP contribution in [0.2, 0.25) is 5.02 Å². The Bertz CT molecular complexity index is 570. The summed E-state index contributed by atoms with van der Waals surface area (Å²) in [4.78, 5) is 0. The first-order valence-corrected chi connectivity index (χ1v) is 7.19. The molecular formula is C17H18ClN. The molecule has 2 aromatic carbocycles. The second-order valence-electron chi connectivity index (χ2n) is 5.34. The molecule has 3 rings (SSSR count). The van der Waals surface area contributed by atoms with Gasteiger partial charge in [0.25, 0.3) is 0 Å². The second kappa shape index (κ2) is 5.36. The van der Waals surface area contributed by atoms with E-state index in [1.165, 1.54) is 29.5 Å². The predicted octanol–water partition coefficient (Wildman–Crippen LogP) is 4.57. The monoisotopic (exact) mass is 271 g/mol. The molecule has 0 aromatic heterocycles. The molecule has 0 spiro atoms. The van der Waals surface area contributed by atoms with Crippen molar-refractivity contribution in [3.05, 3.63) is 58.6 Å². The Balaban J connectivity index is 1.80. The number of hydrogen-bond donors (Lipinski definition) is 1. The van der Waals surface area contributed by atoms with E-state index < -0.39 is 0 Å². The number of nitrogens with one attached hydrogen (secondary N) is 1. The van der Waals surface area contributed by atoms with Gasteiger partial charge in [-0.1, -0.05) is 53.6 Å². The lowest BCUT2D eigenvalue weighted by molar-refractivity contribution is 0.688. The van der Waals surface area contributed by atoms with E-state index >= 15 is 0 Å². The van der Waals surface area contributed by atoms with Crippen molar-refractivity contribution >= 4 is 11.6 Å². The summed E-state index contributed by atoms with van der Waals surface area (Å²) in [6, 6.07) is 15.6. The van der Waals surface area contributed by atoms with Crippen molar-refractivity contribution < 1.29 is 0 Å². The molecule has 0 bridgehead atoms. The molecule has 0 radical (unpaired) electrons. The third kappa shape index (κ3) is 3.17. The van der Waals surface area contributed by atoms with E-state index in [0.29, 0.717) is 0 Å². The summed E-state index contributed by atoms with van der Waals surface area (Å²) in [6.07, 6.45) is 2.63. The fraction of sp³-hybridized carbons (Fsp3) is 0.294. The van der Waals surface area contributed by atoms with Crippen LogP contribution in [0, 0.1) is 6.92 Å². The number of halogens is 1. The number of benzene rings is 2. The largest absolute Gasteiger partial charge is 0.310 e. The average Bonchev–Trinajstić information content (AvgIpc) is 3.22. The Morgan fingerprint density at radius 3 is 2.47 bits per heavy atom. The normalized spacial score (nSPS) is 14.6. The highest BCUT2D eigenvalue weighted by Gasteiger charge is 2.19. The molecule has 1 nitrogen and oxygen atoms in total. The van der Waals surface area contributed by atoms with E-state index in [1.54, 1.807) is 0 Å². The maximum atomic E-state index is 6.41. The highest BCUT2D eigenvalue weighted by molar-refractivity contribution is 6.33. The van der Waals surface area contributed by atoms with Crippen molar-refractivity contribution in [2.24, 2.45) is 0 Å². The molecule has 0 unspecified atom stereocenters. The van der Waals surface area contributed by atoms with Gasteiger partial charge in [-0.15, -0.1) is 0 Å². The molecule has 0 saturated heterocycles. The van der Waals surface area contributed by atoms with Gasteiger partial charge in [-0.05, 0) is 37.0 Å². The number of rotatable bonds is 4.